The van der Waals surface area contributed by atoms with Crippen LogP contribution in [-0.4, -0.2) is 10.4 Å². The van der Waals surface area contributed by atoms with Gasteiger partial charge in [0.15, 0.2) is 0 Å². The highest BCUT2D eigenvalue weighted by molar-refractivity contribution is 14.1. The van der Waals surface area contributed by atoms with Crippen LogP contribution in [-0.2, 0) is 6.42 Å². The first-order valence-corrected chi connectivity index (χ1v) is 5.97. The Morgan fingerprint density at radius 2 is 2.17 bits per heavy atom. The molecule has 0 radical (unpaired) electrons. The van der Waals surface area contributed by atoms with Crippen molar-refractivity contribution in [1.82, 2.24) is 0 Å². The van der Waals surface area contributed by atoms with Crippen molar-refractivity contribution in [3.05, 3.63) is 27.3 Å². The molecule has 0 heterocycles. The van der Waals surface area contributed by atoms with Gasteiger partial charge in [-0.2, -0.15) is 0 Å². The number of alkyl halides is 1. The second kappa shape index (κ2) is 5.07. The molecule has 0 aliphatic heterocycles. The monoisotopic (exact) mass is 340 g/mol. The third kappa shape index (κ3) is 2.94. The van der Waals surface area contributed by atoms with E-state index >= 15 is 0 Å². The van der Waals surface area contributed by atoms with Gasteiger partial charge in [-0.3, -0.25) is 0 Å². The fraction of sp³-hybridized carbons (Fsp3) is 0.333. The van der Waals surface area contributed by atoms with Crippen LogP contribution in [0, 0.1) is 3.57 Å². The number of phenolic OH excluding ortho intramolecular Hbond substituents is 1. The lowest BCUT2D eigenvalue weighted by molar-refractivity contribution is 0.474. The molecule has 0 saturated carbocycles. The molecule has 0 spiro atoms. The quantitative estimate of drug-likeness (QED) is 0.661. The molecule has 0 fully saturated rings. The largest absolute Gasteiger partial charge is 0.508 e. The number of rotatable bonds is 3. The van der Waals surface area contributed by atoms with Gasteiger partial charge in [0.1, 0.15) is 5.75 Å². The zero-order valence-corrected chi connectivity index (χ0v) is 10.3. The van der Waals surface area contributed by atoms with E-state index in [0.717, 1.165) is 21.7 Å². The van der Waals surface area contributed by atoms with E-state index in [1.54, 1.807) is 12.1 Å². The fourth-order valence-electron chi connectivity index (χ4n) is 0.996. The van der Waals surface area contributed by atoms with E-state index in [1.165, 1.54) is 5.56 Å². The van der Waals surface area contributed by atoms with Crippen LogP contribution in [0.4, 0.5) is 0 Å². The van der Waals surface area contributed by atoms with Crippen molar-refractivity contribution in [2.75, 3.05) is 5.33 Å². The Labute approximate surface area is 94.4 Å². The second-order valence-corrected chi connectivity index (χ2v) is 4.52. The van der Waals surface area contributed by atoms with E-state index in [2.05, 4.69) is 38.5 Å². The molecule has 66 valence electrons. The van der Waals surface area contributed by atoms with E-state index in [9.17, 15) is 0 Å². The molecule has 0 aromatic heterocycles. The maximum Gasteiger partial charge on any atom is 0.116 e. The summed E-state index contributed by atoms with van der Waals surface area (Å²) in [5.74, 6) is 0.349. The molecule has 1 rings (SSSR count). The summed E-state index contributed by atoms with van der Waals surface area (Å²) in [4.78, 5) is 0. The molecule has 0 amide bonds. The fourth-order valence-corrected chi connectivity index (χ4v) is 2.05. The van der Waals surface area contributed by atoms with Gasteiger partial charge >= 0.3 is 0 Å². The Bertz CT molecular complexity index is 263. The molecule has 1 aromatic carbocycles. The molecule has 0 unspecified atom stereocenters. The summed E-state index contributed by atoms with van der Waals surface area (Å²) < 4.78 is 1.15. The average Bonchev–Trinajstić information content (AvgIpc) is 2.03. The van der Waals surface area contributed by atoms with Crippen molar-refractivity contribution < 1.29 is 5.11 Å². The highest BCUT2D eigenvalue weighted by Gasteiger charge is 1.99. The van der Waals surface area contributed by atoms with Crippen LogP contribution in [0.1, 0.15) is 12.0 Å². The van der Waals surface area contributed by atoms with Gasteiger partial charge in [-0.1, -0.05) is 22.0 Å². The van der Waals surface area contributed by atoms with Crippen LogP contribution < -0.4 is 0 Å². The standard InChI is InChI=1S/C9H10BrIO/c10-5-1-2-7-3-4-8(12)6-9(7)11/h3-4,6,12H,1-2,5H2. The summed E-state index contributed by atoms with van der Waals surface area (Å²) in [6.45, 7) is 0. The molecular weight excluding hydrogens is 331 g/mol. The Hall–Kier alpha value is 0.230. The number of phenols is 1. The van der Waals surface area contributed by atoms with E-state index in [-0.39, 0.29) is 0 Å². The second-order valence-electron chi connectivity index (χ2n) is 2.57. The molecule has 0 atom stereocenters. The maximum atomic E-state index is 9.15. The van der Waals surface area contributed by atoms with Crippen molar-refractivity contribution in [2.24, 2.45) is 0 Å². The predicted octanol–water partition coefficient (Wildman–Crippen LogP) is 3.32. The first kappa shape index (κ1) is 10.3. The zero-order valence-electron chi connectivity index (χ0n) is 6.56. The molecule has 1 aromatic rings. The summed E-state index contributed by atoms with van der Waals surface area (Å²) in [7, 11) is 0. The van der Waals surface area contributed by atoms with Gasteiger partial charge in [0.25, 0.3) is 0 Å². The zero-order chi connectivity index (χ0) is 8.97. The number of halogens is 2. The van der Waals surface area contributed by atoms with E-state index in [0.29, 0.717) is 5.75 Å². The third-order valence-electron chi connectivity index (χ3n) is 1.62. The highest BCUT2D eigenvalue weighted by atomic mass is 127. The highest BCUT2D eigenvalue weighted by Crippen LogP contribution is 2.19. The first-order valence-electron chi connectivity index (χ1n) is 3.77. The average molecular weight is 341 g/mol. The lowest BCUT2D eigenvalue weighted by atomic mass is 10.1. The molecule has 12 heavy (non-hydrogen) atoms. The van der Waals surface area contributed by atoms with Gasteiger partial charge in [0, 0.05) is 8.90 Å². The van der Waals surface area contributed by atoms with Crippen molar-refractivity contribution in [3.8, 4) is 5.75 Å². The molecule has 0 bridgehead atoms. The Balaban J connectivity index is 2.72. The van der Waals surface area contributed by atoms with Gasteiger partial charge in [-0.25, -0.2) is 0 Å². The Morgan fingerprint density at radius 1 is 1.42 bits per heavy atom. The van der Waals surface area contributed by atoms with Crippen LogP contribution >= 0.6 is 38.5 Å². The minimum Gasteiger partial charge on any atom is -0.508 e. The van der Waals surface area contributed by atoms with Crippen LogP contribution in [0.15, 0.2) is 18.2 Å². The maximum absolute atomic E-state index is 9.15. The number of aromatic hydroxyl groups is 1. The molecule has 0 aliphatic rings. The van der Waals surface area contributed by atoms with Crippen LogP contribution in [0.5, 0.6) is 5.75 Å². The summed E-state index contributed by atoms with van der Waals surface area (Å²) in [6, 6.07) is 5.52. The Morgan fingerprint density at radius 3 is 2.75 bits per heavy atom. The smallest absolute Gasteiger partial charge is 0.116 e. The minimum atomic E-state index is 0.349. The van der Waals surface area contributed by atoms with Gasteiger partial charge < -0.3 is 5.11 Å². The Kier molecular flexibility index (Phi) is 4.35. The molecular formula is C9H10BrIO. The lowest BCUT2D eigenvalue weighted by Gasteiger charge is -2.02. The lowest BCUT2D eigenvalue weighted by Crippen LogP contribution is -1.89. The predicted molar refractivity (Wildman–Crippen MR) is 62.9 cm³/mol. The molecule has 1 nitrogen and oxygen atoms in total. The topological polar surface area (TPSA) is 20.2 Å². The van der Waals surface area contributed by atoms with Gasteiger partial charge in [-0.15, -0.1) is 0 Å². The van der Waals surface area contributed by atoms with Crippen LogP contribution in [0.3, 0.4) is 0 Å². The van der Waals surface area contributed by atoms with Gasteiger partial charge in [-0.05, 0) is 53.1 Å². The van der Waals surface area contributed by atoms with Gasteiger partial charge in [0.05, 0.1) is 0 Å². The van der Waals surface area contributed by atoms with Crippen LogP contribution in [0.25, 0.3) is 0 Å². The van der Waals surface area contributed by atoms with E-state index in [1.807, 2.05) is 6.07 Å². The number of hydrogen-bond donors (Lipinski definition) is 1. The minimum absolute atomic E-state index is 0.349. The van der Waals surface area contributed by atoms with Gasteiger partial charge in [0.2, 0.25) is 0 Å². The van der Waals surface area contributed by atoms with Crippen molar-refractivity contribution in [3.63, 3.8) is 0 Å². The SMILES string of the molecule is Oc1ccc(CCCBr)c(I)c1. The van der Waals surface area contributed by atoms with Crippen molar-refractivity contribution >= 4 is 38.5 Å². The van der Waals surface area contributed by atoms with E-state index in [4.69, 9.17) is 5.11 Å². The summed E-state index contributed by atoms with van der Waals surface area (Å²) in [5.41, 5.74) is 1.31. The summed E-state index contributed by atoms with van der Waals surface area (Å²) in [5, 5.41) is 10.2. The molecule has 0 saturated heterocycles. The molecule has 1 N–H and O–H groups in total. The van der Waals surface area contributed by atoms with Crippen molar-refractivity contribution in [1.29, 1.82) is 0 Å². The number of aryl methyl sites for hydroxylation is 1. The number of benzene rings is 1. The molecule has 0 aliphatic carbocycles. The summed E-state index contributed by atoms with van der Waals surface area (Å²) in [6.07, 6.45) is 2.21. The summed E-state index contributed by atoms with van der Waals surface area (Å²) >= 11 is 5.64. The van der Waals surface area contributed by atoms with E-state index < -0.39 is 0 Å². The molecule has 3 heteroatoms. The normalized spacial score (nSPS) is 10.2. The van der Waals surface area contributed by atoms with Crippen LogP contribution in [0.2, 0.25) is 0 Å². The third-order valence-corrected chi connectivity index (χ3v) is 3.18. The first-order chi connectivity index (χ1) is 5.74. The number of hydrogen-bond acceptors (Lipinski definition) is 1. The van der Waals surface area contributed by atoms with Crippen molar-refractivity contribution in [2.45, 2.75) is 12.8 Å².